The third-order valence-corrected chi connectivity index (χ3v) is 4.19. The van der Waals surface area contributed by atoms with Crippen molar-refractivity contribution in [2.45, 2.75) is 0 Å². The Kier molecular flexibility index (Phi) is 5.28. The van der Waals surface area contributed by atoms with Crippen LogP contribution in [0.15, 0.2) is 72.8 Å². The number of carbonyl (C=O) groups excluding carboxylic acids is 2. The molecule has 0 saturated carbocycles. The Morgan fingerprint density at radius 1 is 0.889 bits per heavy atom. The van der Waals surface area contributed by atoms with Crippen molar-refractivity contribution in [2.75, 3.05) is 5.32 Å². The molecule has 0 radical (unpaired) electrons. The van der Waals surface area contributed by atoms with E-state index in [9.17, 15) is 19.7 Å². The van der Waals surface area contributed by atoms with Crippen LogP contribution in [0.3, 0.4) is 0 Å². The summed E-state index contributed by atoms with van der Waals surface area (Å²) in [6, 6.07) is 18.8. The maximum absolute atomic E-state index is 12.7. The molecule has 0 aliphatic heterocycles. The fourth-order valence-corrected chi connectivity index (χ4v) is 2.73. The summed E-state index contributed by atoms with van der Waals surface area (Å²) in [6.07, 6.45) is 0. The van der Waals surface area contributed by atoms with Gasteiger partial charge in [-0.1, -0.05) is 54.1 Å². The van der Waals surface area contributed by atoms with Gasteiger partial charge in [0.05, 0.1) is 21.2 Å². The third-order valence-electron chi connectivity index (χ3n) is 3.86. The zero-order valence-corrected chi connectivity index (χ0v) is 14.6. The summed E-state index contributed by atoms with van der Waals surface area (Å²) in [4.78, 5) is 35.6. The Morgan fingerprint density at radius 3 is 2.26 bits per heavy atom. The van der Waals surface area contributed by atoms with Crippen LogP contribution in [0.1, 0.15) is 26.3 Å². The zero-order valence-electron chi connectivity index (χ0n) is 13.9. The first-order chi connectivity index (χ1) is 13.0. The van der Waals surface area contributed by atoms with Crippen LogP contribution in [-0.4, -0.2) is 16.6 Å². The molecular formula is C20H13ClN2O4. The number of hydrogen-bond acceptors (Lipinski definition) is 4. The van der Waals surface area contributed by atoms with Gasteiger partial charge >= 0.3 is 0 Å². The monoisotopic (exact) mass is 380 g/mol. The molecule has 3 aromatic carbocycles. The highest BCUT2D eigenvalue weighted by atomic mass is 35.5. The molecule has 3 aromatic rings. The van der Waals surface area contributed by atoms with Crippen molar-refractivity contribution in [3.8, 4) is 0 Å². The second-order valence-electron chi connectivity index (χ2n) is 5.62. The molecule has 1 N–H and O–H groups in total. The first-order valence-corrected chi connectivity index (χ1v) is 8.29. The van der Waals surface area contributed by atoms with Gasteiger partial charge in [-0.3, -0.25) is 19.7 Å². The second-order valence-corrected chi connectivity index (χ2v) is 6.02. The Hall–Kier alpha value is -3.51. The van der Waals surface area contributed by atoms with E-state index in [1.54, 1.807) is 54.6 Å². The van der Waals surface area contributed by atoms with Gasteiger partial charge in [-0.15, -0.1) is 0 Å². The number of ketones is 1. The minimum Gasteiger partial charge on any atom is -0.321 e. The Morgan fingerprint density at radius 2 is 1.56 bits per heavy atom. The smallest absolute Gasteiger partial charge is 0.270 e. The minimum absolute atomic E-state index is 0.0483. The summed E-state index contributed by atoms with van der Waals surface area (Å²) in [6.45, 7) is 0. The molecule has 7 heteroatoms. The molecule has 0 spiro atoms. The first-order valence-electron chi connectivity index (χ1n) is 7.91. The molecule has 3 rings (SSSR count). The first kappa shape index (κ1) is 18.3. The van der Waals surface area contributed by atoms with Gasteiger partial charge < -0.3 is 5.32 Å². The number of rotatable bonds is 5. The van der Waals surface area contributed by atoms with E-state index in [0.717, 1.165) is 6.07 Å². The second kappa shape index (κ2) is 7.80. The molecule has 0 atom stereocenters. The van der Waals surface area contributed by atoms with Gasteiger partial charge in [0.1, 0.15) is 0 Å². The number of nitrogens with one attached hydrogen (secondary N) is 1. The van der Waals surface area contributed by atoms with E-state index in [0.29, 0.717) is 16.8 Å². The number of halogens is 1. The predicted molar refractivity (Wildman–Crippen MR) is 102 cm³/mol. The molecule has 1 amide bonds. The van der Waals surface area contributed by atoms with Crippen LogP contribution >= 0.6 is 11.6 Å². The zero-order chi connectivity index (χ0) is 19.4. The summed E-state index contributed by atoms with van der Waals surface area (Å²) < 4.78 is 0. The Bertz CT molecular complexity index is 1040. The van der Waals surface area contributed by atoms with E-state index in [2.05, 4.69) is 5.32 Å². The normalized spacial score (nSPS) is 10.3. The summed E-state index contributed by atoms with van der Waals surface area (Å²) in [5, 5.41) is 13.6. The van der Waals surface area contributed by atoms with Crippen LogP contribution in [0, 0.1) is 10.1 Å². The van der Waals surface area contributed by atoms with Gasteiger partial charge in [0.2, 0.25) is 0 Å². The molecule has 27 heavy (non-hydrogen) atoms. The van der Waals surface area contributed by atoms with Crippen LogP contribution in [0.4, 0.5) is 11.4 Å². The number of nitrogens with zero attached hydrogens (tertiary/aromatic N) is 1. The fourth-order valence-electron chi connectivity index (χ4n) is 2.53. The molecule has 0 fully saturated rings. The quantitative estimate of drug-likeness (QED) is 0.393. The lowest BCUT2D eigenvalue weighted by molar-refractivity contribution is -0.384. The highest BCUT2D eigenvalue weighted by Crippen LogP contribution is 2.25. The lowest BCUT2D eigenvalue weighted by atomic mass is 10.0. The fraction of sp³-hybridized carbons (Fsp3) is 0. The van der Waals surface area contributed by atoms with Crippen LogP contribution < -0.4 is 5.32 Å². The average Bonchev–Trinajstić information content (AvgIpc) is 2.68. The lowest BCUT2D eigenvalue weighted by Gasteiger charge is -2.11. The summed E-state index contributed by atoms with van der Waals surface area (Å²) in [5.41, 5.74) is 0.774. The molecule has 6 nitrogen and oxygen atoms in total. The number of nitro groups is 1. The van der Waals surface area contributed by atoms with E-state index < -0.39 is 10.8 Å². The van der Waals surface area contributed by atoms with Crippen molar-refractivity contribution in [3.63, 3.8) is 0 Å². The molecule has 0 heterocycles. The molecule has 0 aliphatic rings. The highest BCUT2D eigenvalue weighted by molar-refractivity contribution is 6.34. The van der Waals surface area contributed by atoms with Gasteiger partial charge in [-0.2, -0.15) is 0 Å². The minimum atomic E-state index is -0.642. The van der Waals surface area contributed by atoms with Gasteiger partial charge in [0, 0.05) is 23.3 Å². The highest BCUT2D eigenvalue weighted by Gasteiger charge is 2.19. The maximum Gasteiger partial charge on any atom is 0.270 e. The number of para-hydroxylation sites is 1. The van der Waals surface area contributed by atoms with Gasteiger partial charge in [0.25, 0.3) is 11.6 Å². The van der Waals surface area contributed by atoms with Gasteiger partial charge in [-0.05, 0) is 18.2 Å². The topological polar surface area (TPSA) is 89.3 Å². The number of benzene rings is 3. The summed E-state index contributed by atoms with van der Waals surface area (Å²) in [5.74, 6) is -0.895. The number of amides is 1. The maximum atomic E-state index is 12.7. The van der Waals surface area contributed by atoms with Crippen molar-refractivity contribution in [2.24, 2.45) is 0 Å². The summed E-state index contributed by atoms with van der Waals surface area (Å²) >= 11 is 6.01. The predicted octanol–water partition coefficient (Wildman–Crippen LogP) is 4.73. The third kappa shape index (κ3) is 4.02. The number of carbonyl (C=O) groups is 2. The Balaban J connectivity index is 1.93. The van der Waals surface area contributed by atoms with Crippen LogP contribution in [-0.2, 0) is 0 Å². The van der Waals surface area contributed by atoms with E-state index in [1.165, 1.54) is 12.1 Å². The molecule has 0 aromatic heterocycles. The van der Waals surface area contributed by atoms with Crippen molar-refractivity contribution in [1.29, 1.82) is 0 Å². The molecule has 0 saturated heterocycles. The van der Waals surface area contributed by atoms with Crippen molar-refractivity contribution in [1.82, 2.24) is 0 Å². The molecule has 134 valence electrons. The van der Waals surface area contributed by atoms with Crippen LogP contribution in [0.25, 0.3) is 0 Å². The molecule has 0 bridgehead atoms. The number of non-ortho nitro benzene ring substituents is 1. The SMILES string of the molecule is O=C(Nc1ccccc1C(=O)c1ccccc1)c1cc([N+](=O)[O-])ccc1Cl. The van der Waals surface area contributed by atoms with Gasteiger partial charge in [-0.25, -0.2) is 0 Å². The largest absolute Gasteiger partial charge is 0.321 e. The van der Waals surface area contributed by atoms with Crippen LogP contribution in [0.2, 0.25) is 5.02 Å². The number of hydrogen-bond donors (Lipinski definition) is 1. The van der Waals surface area contributed by atoms with Crippen LogP contribution in [0.5, 0.6) is 0 Å². The van der Waals surface area contributed by atoms with Crippen molar-refractivity contribution >= 4 is 34.7 Å². The van der Waals surface area contributed by atoms with E-state index >= 15 is 0 Å². The van der Waals surface area contributed by atoms with E-state index in [1.807, 2.05) is 0 Å². The summed E-state index contributed by atoms with van der Waals surface area (Å²) in [7, 11) is 0. The van der Waals surface area contributed by atoms with E-state index in [4.69, 9.17) is 11.6 Å². The Labute approximate surface area is 159 Å². The van der Waals surface area contributed by atoms with Gasteiger partial charge in [0.15, 0.2) is 5.78 Å². The standard InChI is InChI=1S/C20H13ClN2O4/c21-17-11-10-14(23(26)27)12-16(17)20(25)22-18-9-5-4-8-15(18)19(24)13-6-2-1-3-7-13/h1-12H,(H,22,25). The average molecular weight is 381 g/mol. The number of nitro benzene ring substituents is 1. The molecule has 0 unspecified atom stereocenters. The number of anilines is 1. The van der Waals surface area contributed by atoms with E-state index in [-0.39, 0.29) is 22.1 Å². The van der Waals surface area contributed by atoms with Crippen molar-refractivity contribution in [3.05, 3.63) is 105 Å². The molecule has 0 aliphatic carbocycles. The lowest BCUT2D eigenvalue weighted by Crippen LogP contribution is -2.16. The van der Waals surface area contributed by atoms with Crippen molar-refractivity contribution < 1.29 is 14.5 Å². The molecular weight excluding hydrogens is 368 g/mol.